The van der Waals surface area contributed by atoms with Crippen LogP contribution >= 0.6 is 11.8 Å². The van der Waals surface area contributed by atoms with Crippen LogP contribution < -0.4 is 15.4 Å². The highest BCUT2D eigenvalue weighted by atomic mass is 32.2. The molecule has 0 saturated heterocycles. The van der Waals surface area contributed by atoms with Crippen LogP contribution in [0.25, 0.3) is 0 Å². The van der Waals surface area contributed by atoms with E-state index in [1.165, 1.54) is 11.8 Å². The Kier molecular flexibility index (Phi) is 8.86. The number of carbonyl (C=O) groups is 2. The molecular weight excluding hydrogens is 450 g/mol. The van der Waals surface area contributed by atoms with Crippen molar-refractivity contribution in [2.45, 2.75) is 38.5 Å². The second-order valence-electron chi connectivity index (χ2n) is 7.60. The van der Waals surface area contributed by atoms with E-state index in [0.29, 0.717) is 35.4 Å². The van der Waals surface area contributed by atoms with Gasteiger partial charge in [0.2, 0.25) is 5.91 Å². The van der Waals surface area contributed by atoms with E-state index in [1.807, 2.05) is 55.7 Å². The monoisotopic (exact) mass is 479 g/mol. The van der Waals surface area contributed by atoms with E-state index < -0.39 is 0 Å². The molecule has 1 atom stereocenters. The standard InChI is InChI=1S/C25H29N5O3S/c1-5-14-30-23(18(4)26-24(32)19-9-7-8-17(3)15-19)28-29-25(30)34-16-22(31)27-20-10-12-21(13-11-20)33-6-2/h5,7-13,15,18H,1,6,14,16H2,2-4H3,(H,26,32)(H,27,31)/t18-/m0/s1. The number of benzene rings is 2. The Morgan fingerprint density at radius 1 is 1.21 bits per heavy atom. The third kappa shape index (κ3) is 6.71. The molecule has 9 heteroatoms. The summed E-state index contributed by atoms with van der Waals surface area (Å²) < 4.78 is 7.26. The molecule has 0 aliphatic carbocycles. The Morgan fingerprint density at radius 2 is 1.97 bits per heavy atom. The molecule has 34 heavy (non-hydrogen) atoms. The van der Waals surface area contributed by atoms with Crippen LogP contribution in [-0.4, -0.2) is 38.9 Å². The maximum Gasteiger partial charge on any atom is 0.251 e. The quantitative estimate of drug-likeness (QED) is 0.313. The summed E-state index contributed by atoms with van der Waals surface area (Å²) >= 11 is 1.27. The molecule has 2 aromatic carbocycles. The first-order valence-electron chi connectivity index (χ1n) is 11.0. The first-order valence-corrected chi connectivity index (χ1v) is 12.0. The molecule has 1 heterocycles. The third-order valence-corrected chi connectivity index (χ3v) is 5.82. The minimum absolute atomic E-state index is 0.159. The number of aromatic nitrogens is 3. The number of thioether (sulfide) groups is 1. The Balaban J connectivity index is 1.63. The molecule has 0 saturated carbocycles. The second kappa shape index (κ2) is 12.0. The van der Waals surface area contributed by atoms with Crippen LogP contribution in [0, 0.1) is 6.92 Å². The fourth-order valence-corrected chi connectivity index (χ4v) is 4.04. The topological polar surface area (TPSA) is 98.1 Å². The van der Waals surface area contributed by atoms with Crippen LogP contribution in [0.3, 0.4) is 0 Å². The molecule has 0 radical (unpaired) electrons. The largest absolute Gasteiger partial charge is 0.494 e. The maximum absolute atomic E-state index is 12.6. The fraction of sp³-hybridized carbons (Fsp3) is 0.280. The van der Waals surface area contributed by atoms with E-state index in [0.717, 1.165) is 11.3 Å². The third-order valence-electron chi connectivity index (χ3n) is 4.85. The van der Waals surface area contributed by atoms with Gasteiger partial charge in [-0.05, 0) is 57.2 Å². The lowest BCUT2D eigenvalue weighted by molar-refractivity contribution is -0.113. The number of aryl methyl sites for hydroxylation is 1. The van der Waals surface area contributed by atoms with Crippen LogP contribution in [0.15, 0.2) is 66.3 Å². The Labute approximate surface area is 203 Å². The first-order chi connectivity index (χ1) is 16.4. The Hall–Kier alpha value is -3.59. The second-order valence-corrected chi connectivity index (χ2v) is 8.54. The van der Waals surface area contributed by atoms with Gasteiger partial charge >= 0.3 is 0 Å². The predicted molar refractivity (Wildman–Crippen MR) is 134 cm³/mol. The highest BCUT2D eigenvalue weighted by Crippen LogP contribution is 2.22. The van der Waals surface area contributed by atoms with Crippen molar-refractivity contribution in [2.24, 2.45) is 0 Å². The van der Waals surface area contributed by atoms with Gasteiger partial charge in [0.25, 0.3) is 5.91 Å². The number of hydrogen-bond acceptors (Lipinski definition) is 6. The van der Waals surface area contributed by atoms with Gasteiger partial charge in [0.05, 0.1) is 18.4 Å². The summed E-state index contributed by atoms with van der Waals surface area (Å²) in [4.78, 5) is 25.1. The minimum atomic E-state index is -0.382. The summed E-state index contributed by atoms with van der Waals surface area (Å²) in [5.41, 5.74) is 2.29. The van der Waals surface area contributed by atoms with Gasteiger partial charge in [-0.2, -0.15) is 0 Å². The van der Waals surface area contributed by atoms with Crippen LogP contribution in [0.1, 0.15) is 41.6 Å². The van der Waals surface area contributed by atoms with Crippen molar-refractivity contribution in [1.82, 2.24) is 20.1 Å². The van der Waals surface area contributed by atoms with Gasteiger partial charge < -0.3 is 19.9 Å². The van der Waals surface area contributed by atoms with Crippen LogP contribution in [-0.2, 0) is 11.3 Å². The molecule has 0 aliphatic heterocycles. The summed E-state index contributed by atoms with van der Waals surface area (Å²) in [6, 6.07) is 14.2. The number of nitrogens with zero attached hydrogens (tertiary/aromatic N) is 3. The first kappa shape index (κ1) is 25.0. The number of ether oxygens (including phenoxy) is 1. The van der Waals surface area contributed by atoms with Crippen molar-refractivity contribution in [3.63, 3.8) is 0 Å². The molecule has 0 aliphatic rings. The summed E-state index contributed by atoms with van der Waals surface area (Å²) in [7, 11) is 0. The molecule has 178 valence electrons. The summed E-state index contributed by atoms with van der Waals surface area (Å²) in [6.07, 6.45) is 1.73. The van der Waals surface area contributed by atoms with Gasteiger partial charge in [-0.1, -0.05) is 35.5 Å². The van der Waals surface area contributed by atoms with Gasteiger partial charge in [-0.15, -0.1) is 16.8 Å². The molecule has 8 nitrogen and oxygen atoms in total. The maximum atomic E-state index is 12.6. The number of nitrogens with one attached hydrogen (secondary N) is 2. The molecule has 3 aromatic rings. The van der Waals surface area contributed by atoms with Gasteiger partial charge in [0.1, 0.15) is 5.75 Å². The SMILES string of the molecule is C=CCn1c(SCC(=O)Nc2ccc(OCC)cc2)nnc1[C@H](C)NC(=O)c1cccc(C)c1. The normalized spacial score (nSPS) is 11.5. The molecule has 3 rings (SSSR count). The van der Waals surface area contributed by atoms with Crippen molar-refractivity contribution in [1.29, 1.82) is 0 Å². The number of amides is 2. The van der Waals surface area contributed by atoms with Crippen molar-refractivity contribution >= 4 is 29.3 Å². The predicted octanol–water partition coefficient (Wildman–Crippen LogP) is 4.39. The van der Waals surface area contributed by atoms with Crippen LogP contribution in [0.4, 0.5) is 5.69 Å². The fourth-order valence-electron chi connectivity index (χ4n) is 3.29. The lowest BCUT2D eigenvalue weighted by Crippen LogP contribution is -2.28. The zero-order valence-corrected chi connectivity index (χ0v) is 20.4. The van der Waals surface area contributed by atoms with Gasteiger partial charge in [0.15, 0.2) is 11.0 Å². The van der Waals surface area contributed by atoms with Crippen molar-refractivity contribution in [2.75, 3.05) is 17.7 Å². The smallest absolute Gasteiger partial charge is 0.251 e. The minimum Gasteiger partial charge on any atom is -0.494 e. The molecule has 0 spiro atoms. The average Bonchev–Trinajstić information content (AvgIpc) is 3.22. The number of anilines is 1. The zero-order chi connectivity index (χ0) is 24.5. The summed E-state index contributed by atoms with van der Waals surface area (Å²) in [5.74, 6) is 1.16. The molecule has 1 aromatic heterocycles. The van der Waals surface area contributed by atoms with Gasteiger partial charge in [-0.25, -0.2) is 0 Å². The van der Waals surface area contributed by atoms with Crippen LogP contribution in [0.5, 0.6) is 5.75 Å². The molecular formula is C25H29N5O3S. The van der Waals surface area contributed by atoms with Gasteiger partial charge in [0, 0.05) is 17.8 Å². The molecule has 0 fully saturated rings. The number of hydrogen-bond donors (Lipinski definition) is 2. The molecule has 2 N–H and O–H groups in total. The van der Waals surface area contributed by atoms with Crippen molar-refractivity contribution in [3.05, 3.63) is 78.1 Å². The molecule has 0 unspecified atom stereocenters. The van der Waals surface area contributed by atoms with E-state index in [2.05, 4.69) is 27.4 Å². The molecule has 2 amide bonds. The lowest BCUT2D eigenvalue weighted by atomic mass is 10.1. The van der Waals surface area contributed by atoms with E-state index in [4.69, 9.17) is 4.74 Å². The highest BCUT2D eigenvalue weighted by Gasteiger charge is 2.20. The van der Waals surface area contributed by atoms with Gasteiger partial charge in [-0.3, -0.25) is 9.59 Å². The number of allylic oxidation sites excluding steroid dienone is 1. The summed E-state index contributed by atoms with van der Waals surface area (Å²) in [5, 5.41) is 14.9. The van der Waals surface area contributed by atoms with Crippen LogP contribution in [0.2, 0.25) is 0 Å². The average molecular weight is 480 g/mol. The van der Waals surface area contributed by atoms with E-state index in [9.17, 15) is 9.59 Å². The Bertz CT molecular complexity index is 1140. The van der Waals surface area contributed by atoms with E-state index >= 15 is 0 Å². The number of carbonyl (C=O) groups excluding carboxylic acids is 2. The van der Waals surface area contributed by atoms with E-state index in [-0.39, 0.29) is 23.6 Å². The van der Waals surface area contributed by atoms with Crippen molar-refractivity contribution in [3.8, 4) is 5.75 Å². The van der Waals surface area contributed by atoms with Crippen molar-refractivity contribution < 1.29 is 14.3 Å². The van der Waals surface area contributed by atoms with E-state index in [1.54, 1.807) is 24.3 Å². The molecule has 0 bridgehead atoms. The summed E-state index contributed by atoms with van der Waals surface area (Å²) in [6.45, 7) is 10.6. The Morgan fingerprint density at radius 3 is 2.65 bits per heavy atom. The zero-order valence-electron chi connectivity index (χ0n) is 19.6. The number of rotatable bonds is 11. The lowest BCUT2D eigenvalue weighted by Gasteiger charge is -2.15. The highest BCUT2D eigenvalue weighted by molar-refractivity contribution is 7.99.